The highest BCUT2D eigenvalue weighted by atomic mass is 16.2. The Labute approximate surface area is 119 Å². The monoisotopic (exact) mass is 269 g/mol. The van der Waals surface area contributed by atoms with Crippen LogP contribution in [-0.2, 0) is 10.2 Å². The van der Waals surface area contributed by atoms with Gasteiger partial charge in [0.05, 0.1) is 5.41 Å². The number of carbonyl (C=O) groups excluding carboxylic acids is 1. The average molecular weight is 269 g/mol. The second-order valence-electron chi connectivity index (χ2n) is 5.42. The molecule has 104 valence electrons. The van der Waals surface area contributed by atoms with Gasteiger partial charge in [0.25, 0.3) is 0 Å². The first-order valence-electron chi connectivity index (χ1n) is 6.59. The zero-order valence-corrected chi connectivity index (χ0v) is 12.3. The molecule has 0 aliphatic rings. The number of rotatable bonds is 3. The average Bonchev–Trinajstić information content (AvgIpc) is 2.38. The van der Waals surface area contributed by atoms with Crippen molar-refractivity contribution in [2.45, 2.75) is 33.1 Å². The molecule has 1 aromatic carbocycles. The van der Waals surface area contributed by atoms with Crippen LogP contribution in [-0.4, -0.2) is 15.9 Å². The summed E-state index contributed by atoms with van der Waals surface area (Å²) in [6.45, 7) is 7.54. The molecule has 0 aliphatic heterocycles. The molecule has 2 aromatic rings. The molecule has 0 aliphatic carbocycles. The Morgan fingerprint density at radius 3 is 2.15 bits per heavy atom. The zero-order valence-electron chi connectivity index (χ0n) is 12.3. The summed E-state index contributed by atoms with van der Waals surface area (Å²) in [6, 6.07) is 11.6. The second kappa shape index (κ2) is 5.41. The van der Waals surface area contributed by atoms with Gasteiger partial charge in [0, 0.05) is 11.4 Å². The van der Waals surface area contributed by atoms with Crippen LogP contribution in [0.2, 0.25) is 0 Å². The van der Waals surface area contributed by atoms with E-state index in [2.05, 4.69) is 15.3 Å². The molecule has 20 heavy (non-hydrogen) atoms. The number of anilines is 1. The van der Waals surface area contributed by atoms with Crippen molar-refractivity contribution < 1.29 is 4.79 Å². The van der Waals surface area contributed by atoms with Gasteiger partial charge in [-0.25, -0.2) is 9.97 Å². The molecule has 0 saturated heterocycles. The van der Waals surface area contributed by atoms with Crippen LogP contribution in [0.3, 0.4) is 0 Å². The summed E-state index contributed by atoms with van der Waals surface area (Å²) in [5, 5.41) is 2.80. The minimum atomic E-state index is -0.637. The maximum absolute atomic E-state index is 12.5. The molecule has 0 unspecified atom stereocenters. The highest BCUT2D eigenvalue weighted by molar-refractivity contribution is 5.97. The van der Waals surface area contributed by atoms with Crippen LogP contribution in [0, 0.1) is 13.8 Å². The summed E-state index contributed by atoms with van der Waals surface area (Å²) >= 11 is 0. The van der Waals surface area contributed by atoms with Gasteiger partial charge in [-0.05, 0) is 39.3 Å². The maximum Gasteiger partial charge on any atom is 0.236 e. The van der Waals surface area contributed by atoms with Crippen LogP contribution < -0.4 is 5.32 Å². The van der Waals surface area contributed by atoms with E-state index in [1.54, 1.807) is 0 Å². The molecule has 0 atom stereocenters. The van der Waals surface area contributed by atoms with Crippen molar-refractivity contribution >= 4 is 11.9 Å². The number of hydrogen-bond acceptors (Lipinski definition) is 3. The molecule has 4 heteroatoms. The Morgan fingerprint density at radius 2 is 1.60 bits per heavy atom. The van der Waals surface area contributed by atoms with Gasteiger partial charge in [-0.2, -0.15) is 0 Å². The lowest BCUT2D eigenvalue weighted by atomic mass is 9.84. The Morgan fingerprint density at radius 1 is 1.05 bits per heavy atom. The maximum atomic E-state index is 12.5. The fourth-order valence-electron chi connectivity index (χ4n) is 2.03. The van der Waals surface area contributed by atoms with Crippen LogP contribution in [0.25, 0.3) is 0 Å². The summed E-state index contributed by atoms with van der Waals surface area (Å²) in [4.78, 5) is 20.9. The lowest BCUT2D eigenvalue weighted by molar-refractivity contribution is -0.120. The Balaban J connectivity index is 2.23. The van der Waals surface area contributed by atoms with Gasteiger partial charge in [0.2, 0.25) is 11.9 Å². The van der Waals surface area contributed by atoms with Crippen molar-refractivity contribution in [3.8, 4) is 0 Å². The lowest BCUT2D eigenvalue weighted by Gasteiger charge is -2.23. The van der Waals surface area contributed by atoms with Gasteiger partial charge in [-0.15, -0.1) is 0 Å². The fraction of sp³-hybridized carbons (Fsp3) is 0.312. The number of benzene rings is 1. The van der Waals surface area contributed by atoms with Crippen LogP contribution in [0.4, 0.5) is 5.95 Å². The molecule has 1 N–H and O–H groups in total. The summed E-state index contributed by atoms with van der Waals surface area (Å²) in [5.41, 5.74) is 2.00. The van der Waals surface area contributed by atoms with Crippen molar-refractivity contribution in [2.24, 2.45) is 0 Å². The number of hydrogen-bond donors (Lipinski definition) is 1. The topological polar surface area (TPSA) is 54.9 Å². The third kappa shape index (κ3) is 3.02. The number of nitrogens with zero attached hydrogens (tertiary/aromatic N) is 2. The fourth-order valence-corrected chi connectivity index (χ4v) is 2.03. The summed E-state index contributed by atoms with van der Waals surface area (Å²) in [7, 11) is 0. The van der Waals surface area contributed by atoms with Gasteiger partial charge in [0.15, 0.2) is 0 Å². The van der Waals surface area contributed by atoms with Gasteiger partial charge in [-0.1, -0.05) is 30.3 Å². The lowest BCUT2D eigenvalue weighted by Crippen LogP contribution is -2.35. The van der Waals surface area contributed by atoms with E-state index in [0.717, 1.165) is 17.0 Å². The molecule has 4 nitrogen and oxygen atoms in total. The largest absolute Gasteiger partial charge is 0.294 e. The molecular formula is C16H19N3O. The number of aryl methyl sites for hydroxylation is 2. The molecule has 0 bridgehead atoms. The summed E-state index contributed by atoms with van der Waals surface area (Å²) in [5.74, 6) is 0.241. The third-order valence-electron chi connectivity index (χ3n) is 3.27. The zero-order chi connectivity index (χ0) is 14.8. The smallest absolute Gasteiger partial charge is 0.236 e. The first-order valence-corrected chi connectivity index (χ1v) is 6.59. The van der Waals surface area contributed by atoms with E-state index in [4.69, 9.17) is 0 Å². The van der Waals surface area contributed by atoms with Gasteiger partial charge in [0.1, 0.15) is 0 Å². The number of amides is 1. The van der Waals surface area contributed by atoms with Crippen LogP contribution in [0.1, 0.15) is 30.8 Å². The second-order valence-corrected chi connectivity index (χ2v) is 5.42. The van der Waals surface area contributed by atoms with E-state index in [0.29, 0.717) is 5.95 Å². The summed E-state index contributed by atoms with van der Waals surface area (Å²) in [6.07, 6.45) is 0. The SMILES string of the molecule is Cc1cc(C)nc(NC(=O)C(C)(C)c2ccccc2)n1. The molecule has 0 saturated carbocycles. The normalized spacial score (nSPS) is 11.2. The van der Waals surface area contributed by atoms with Crippen molar-refractivity contribution in [2.75, 3.05) is 5.32 Å². The Hall–Kier alpha value is -2.23. The Kier molecular flexibility index (Phi) is 3.84. The van der Waals surface area contributed by atoms with Crippen molar-refractivity contribution in [1.82, 2.24) is 9.97 Å². The highest BCUT2D eigenvalue weighted by Gasteiger charge is 2.30. The Bertz CT molecular complexity index is 601. The molecule has 1 heterocycles. The van der Waals surface area contributed by atoms with Crippen molar-refractivity contribution in [1.29, 1.82) is 0 Å². The van der Waals surface area contributed by atoms with Gasteiger partial charge in [-0.3, -0.25) is 10.1 Å². The predicted molar refractivity (Wildman–Crippen MR) is 79.6 cm³/mol. The van der Waals surface area contributed by atoms with E-state index in [9.17, 15) is 4.79 Å². The number of aromatic nitrogens is 2. The summed E-state index contributed by atoms with van der Waals surface area (Å²) < 4.78 is 0. The van der Waals surface area contributed by atoms with Crippen LogP contribution in [0.15, 0.2) is 36.4 Å². The molecule has 0 spiro atoms. The van der Waals surface area contributed by atoms with Crippen LogP contribution >= 0.6 is 0 Å². The minimum Gasteiger partial charge on any atom is -0.294 e. The third-order valence-corrected chi connectivity index (χ3v) is 3.27. The molecule has 0 fully saturated rings. The van der Waals surface area contributed by atoms with E-state index in [1.807, 2.05) is 64.1 Å². The van der Waals surface area contributed by atoms with Crippen molar-refractivity contribution in [3.63, 3.8) is 0 Å². The van der Waals surface area contributed by atoms with E-state index < -0.39 is 5.41 Å². The van der Waals surface area contributed by atoms with Gasteiger partial charge >= 0.3 is 0 Å². The molecule has 1 aromatic heterocycles. The molecule has 1 amide bonds. The first-order chi connectivity index (χ1) is 9.39. The quantitative estimate of drug-likeness (QED) is 0.932. The first kappa shape index (κ1) is 14.2. The van der Waals surface area contributed by atoms with Gasteiger partial charge < -0.3 is 0 Å². The van der Waals surface area contributed by atoms with E-state index in [-0.39, 0.29) is 5.91 Å². The molecule has 2 rings (SSSR count). The molecular weight excluding hydrogens is 250 g/mol. The minimum absolute atomic E-state index is 0.117. The molecule has 0 radical (unpaired) electrons. The van der Waals surface area contributed by atoms with E-state index >= 15 is 0 Å². The highest BCUT2D eigenvalue weighted by Crippen LogP contribution is 2.24. The van der Waals surface area contributed by atoms with Crippen molar-refractivity contribution in [3.05, 3.63) is 53.3 Å². The number of nitrogens with one attached hydrogen (secondary N) is 1. The predicted octanol–water partition coefficient (Wildman–Crippen LogP) is 3.01. The van der Waals surface area contributed by atoms with E-state index in [1.165, 1.54) is 0 Å². The van der Waals surface area contributed by atoms with Crippen LogP contribution in [0.5, 0.6) is 0 Å². The standard InChI is InChI=1S/C16H19N3O/c1-11-10-12(2)18-15(17-11)19-14(20)16(3,4)13-8-6-5-7-9-13/h5-10H,1-4H3,(H,17,18,19,20). The number of carbonyl (C=O) groups is 1.